The molecular formula is C14H14Cl2N4O. The van der Waals surface area contributed by atoms with Crippen molar-refractivity contribution in [2.45, 2.75) is 32.4 Å². The Bertz CT molecular complexity index is 698. The van der Waals surface area contributed by atoms with Crippen molar-refractivity contribution in [3.05, 3.63) is 45.5 Å². The average molecular weight is 325 g/mol. The molecule has 2 heterocycles. The second-order valence-electron chi connectivity index (χ2n) is 5.05. The minimum Gasteiger partial charge on any atom is -0.342 e. The molecule has 1 aromatic heterocycles. The van der Waals surface area contributed by atoms with Crippen LogP contribution in [-0.4, -0.2) is 20.7 Å². The first-order valence-electron chi connectivity index (χ1n) is 6.74. The standard InChI is InChI=1S/C14H14Cl2N4O/c1-8(13-19-18-12-3-2-6-20(12)13)17-14(21)10-5-4-9(15)7-11(10)16/h4-5,7-8H,2-3,6H2,1H3,(H,17,21). The Kier molecular flexibility index (Phi) is 3.87. The third kappa shape index (κ3) is 2.76. The number of nitrogens with zero attached hydrogens (tertiary/aromatic N) is 3. The molecule has 2 aromatic rings. The Morgan fingerprint density at radius 2 is 2.19 bits per heavy atom. The SMILES string of the molecule is CC(NC(=O)c1ccc(Cl)cc1Cl)c1nnc2n1CCC2. The van der Waals surface area contributed by atoms with Gasteiger partial charge in [-0.2, -0.15) is 0 Å². The van der Waals surface area contributed by atoms with Crippen LogP contribution >= 0.6 is 23.2 Å². The van der Waals surface area contributed by atoms with E-state index in [9.17, 15) is 4.79 Å². The lowest BCUT2D eigenvalue weighted by Crippen LogP contribution is -2.28. The van der Waals surface area contributed by atoms with Crippen LogP contribution in [0.3, 0.4) is 0 Å². The van der Waals surface area contributed by atoms with Crippen LogP contribution in [0.25, 0.3) is 0 Å². The second kappa shape index (κ2) is 5.66. The molecule has 0 bridgehead atoms. The number of benzene rings is 1. The summed E-state index contributed by atoms with van der Waals surface area (Å²) in [6.45, 7) is 2.79. The summed E-state index contributed by atoms with van der Waals surface area (Å²) < 4.78 is 2.06. The van der Waals surface area contributed by atoms with Gasteiger partial charge in [0.25, 0.3) is 5.91 Å². The summed E-state index contributed by atoms with van der Waals surface area (Å²) >= 11 is 11.9. The normalized spacial score (nSPS) is 14.8. The number of carbonyl (C=O) groups is 1. The van der Waals surface area contributed by atoms with Crippen molar-refractivity contribution in [1.29, 1.82) is 0 Å². The van der Waals surface area contributed by atoms with Crippen LogP contribution in [0, 0.1) is 0 Å². The Morgan fingerprint density at radius 3 is 2.95 bits per heavy atom. The van der Waals surface area contributed by atoms with Crippen molar-refractivity contribution >= 4 is 29.1 Å². The van der Waals surface area contributed by atoms with Gasteiger partial charge in [0.2, 0.25) is 0 Å². The maximum absolute atomic E-state index is 12.3. The lowest BCUT2D eigenvalue weighted by molar-refractivity contribution is 0.0937. The third-order valence-electron chi connectivity index (χ3n) is 3.55. The molecule has 0 fully saturated rings. The average Bonchev–Trinajstić information content (AvgIpc) is 3.00. The van der Waals surface area contributed by atoms with E-state index in [2.05, 4.69) is 20.1 Å². The van der Waals surface area contributed by atoms with Crippen molar-refractivity contribution in [3.8, 4) is 0 Å². The summed E-state index contributed by atoms with van der Waals surface area (Å²) in [7, 11) is 0. The minimum atomic E-state index is -0.250. The minimum absolute atomic E-state index is 0.233. The number of hydrogen-bond donors (Lipinski definition) is 1. The Balaban J connectivity index is 1.77. The number of carbonyl (C=O) groups excluding carboxylic acids is 1. The van der Waals surface area contributed by atoms with Gasteiger partial charge in [-0.05, 0) is 31.5 Å². The molecule has 1 aliphatic heterocycles. The van der Waals surface area contributed by atoms with Crippen LogP contribution in [0.15, 0.2) is 18.2 Å². The van der Waals surface area contributed by atoms with Crippen LogP contribution in [0.5, 0.6) is 0 Å². The number of rotatable bonds is 3. The topological polar surface area (TPSA) is 59.8 Å². The molecule has 0 aliphatic carbocycles. The quantitative estimate of drug-likeness (QED) is 0.944. The summed E-state index contributed by atoms with van der Waals surface area (Å²) in [6.07, 6.45) is 2.01. The van der Waals surface area contributed by atoms with Gasteiger partial charge in [0.15, 0.2) is 5.82 Å². The van der Waals surface area contributed by atoms with Gasteiger partial charge in [-0.15, -0.1) is 10.2 Å². The van der Waals surface area contributed by atoms with Crippen LogP contribution in [0.1, 0.15) is 41.4 Å². The van der Waals surface area contributed by atoms with E-state index in [0.29, 0.717) is 15.6 Å². The molecule has 1 N–H and O–H groups in total. The highest BCUT2D eigenvalue weighted by atomic mass is 35.5. The summed E-state index contributed by atoms with van der Waals surface area (Å²) in [5, 5.41) is 12.0. The highest BCUT2D eigenvalue weighted by Crippen LogP contribution is 2.23. The summed E-state index contributed by atoms with van der Waals surface area (Å²) in [5.74, 6) is 1.51. The number of halogens is 2. The number of amides is 1. The number of fused-ring (bicyclic) bond motifs is 1. The van der Waals surface area contributed by atoms with E-state index in [1.807, 2.05) is 6.92 Å². The fraction of sp³-hybridized carbons (Fsp3) is 0.357. The Labute approximate surface area is 132 Å². The lowest BCUT2D eigenvalue weighted by atomic mass is 10.2. The van der Waals surface area contributed by atoms with Gasteiger partial charge in [-0.1, -0.05) is 23.2 Å². The van der Waals surface area contributed by atoms with Gasteiger partial charge in [0, 0.05) is 18.0 Å². The monoisotopic (exact) mass is 324 g/mol. The predicted octanol–water partition coefficient (Wildman–Crippen LogP) is 3.02. The zero-order valence-electron chi connectivity index (χ0n) is 11.4. The molecule has 1 aliphatic rings. The van der Waals surface area contributed by atoms with Crippen molar-refractivity contribution in [2.24, 2.45) is 0 Å². The summed E-state index contributed by atoms with van der Waals surface area (Å²) in [5.41, 5.74) is 0.397. The van der Waals surface area contributed by atoms with Crippen molar-refractivity contribution in [1.82, 2.24) is 20.1 Å². The molecule has 0 saturated heterocycles. The lowest BCUT2D eigenvalue weighted by Gasteiger charge is -2.14. The molecule has 110 valence electrons. The van der Waals surface area contributed by atoms with E-state index in [4.69, 9.17) is 23.2 Å². The largest absolute Gasteiger partial charge is 0.342 e. The molecule has 3 rings (SSSR count). The smallest absolute Gasteiger partial charge is 0.253 e. The molecule has 0 spiro atoms. The van der Waals surface area contributed by atoms with Gasteiger partial charge in [0.1, 0.15) is 5.82 Å². The van der Waals surface area contributed by atoms with E-state index in [0.717, 1.165) is 31.0 Å². The number of aromatic nitrogens is 3. The van der Waals surface area contributed by atoms with Crippen molar-refractivity contribution in [3.63, 3.8) is 0 Å². The number of aryl methyl sites for hydroxylation is 1. The molecule has 1 amide bonds. The van der Waals surface area contributed by atoms with Gasteiger partial charge >= 0.3 is 0 Å². The Morgan fingerprint density at radius 1 is 1.38 bits per heavy atom. The van der Waals surface area contributed by atoms with Gasteiger partial charge < -0.3 is 9.88 Å². The molecule has 1 unspecified atom stereocenters. The van der Waals surface area contributed by atoms with Crippen LogP contribution in [-0.2, 0) is 13.0 Å². The first-order valence-corrected chi connectivity index (χ1v) is 7.49. The van der Waals surface area contributed by atoms with Crippen LogP contribution in [0.4, 0.5) is 0 Å². The van der Waals surface area contributed by atoms with Gasteiger partial charge in [-0.25, -0.2) is 0 Å². The second-order valence-corrected chi connectivity index (χ2v) is 5.89. The molecule has 5 nitrogen and oxygen atoms in total. The maximum atomic E-state index is 12.3. The van der Waals surface area contributed by atoms with E-state index in [1.165, 1.54) is 0 Å². The van der Waals surface area contributed by atoms with Crippen molar-refractivity contribution < 1.29 is 4.79 Å². The molecule has 1 atom stereocenters. The molecule has 0 saturated carbocycles. The van der Waals surface area contributed by atoms with Crippen LogP contribution < -0.4 is 5.32 Å². The first-order chi connectivity index (χ1) is 10.1. The zero-order chi connectivity index (χ0) is 15.0. The predicted molar refractivity (Wildman–Crippen MR) is 80.7 cm³/mol. The van der Waals surface area contributed by atoms with Crippen molar-refractivity contribution in [2.75, 3.05) is 0 Å². The molecular weight excluding hydrogens is 311 g/mol. The maximum Gasteiger partial charge on any atom is 0.253 e. The van der Waals surface area contributed by atoms with Gasteiger partial charge in [0.05, 0.1) is 16.6 Å². The highest BCUT2D eigenvalue weighted by molar-refractivity contribution is 6.36. The number of nitrogens with one attached hydrogen (secondary N) is 1. The van der Waals surface area contributed by atoms with Crippen LogP contribution in [0.2, 0.25) is 10.0 Å². The Hall–Kier alpha value is -1.59. The number of hydrogen-bond acceptors (Lipinski definition) is 3. The molecule has 7 heteroatoms. The summed E-state index contributed by atoms with van der Waals surface area (Å²) in [6, 6.07) is 4.57. The summed E-state index contributed by atoms with van der Waals surface area (Å²) in [4.78, 5) is 12.3. The molecule has 21 heavy (non-hydrogen) atoms. The first kappa shape index (κ1) is 14.4. The van der Waals surface area contributed by atoms with Gasteiger partial charge in [-0.3, -0.25) is 4.79 Å². The van der Waals surface area contributed by atoms with E-state index in [1.54, 1.807) is 18.2 Å². The fourth-order valence-corrected chi connectivity index (χ4v) is 3.00. The fourth-order valence-electron chi connectivity index (χ4n) is 2.51. The third-order valence-corrected chi connectivity index (χ3v) is 4.10. The van der Waals surface area contributed by atoms with E-state index in [-0.39, 0.29) is 11.9 Å². The molecule has 1 aromatic carbocycles. The van der Waals surface area contributed by atoms with E-state index < -0.39 is 0 Å². The zero-order valence-corrected chi connectivity index (χ0v) is 12.9. The molecule has 0 radical (unpaired) electrons. The van der Waals surface area contributed by atoms with E-state index >= 15 is 0 Å². The highest BCUT2D eigenvalue weighted by Gasteiger charge is 2.23.